The van der Waals surface area contributed by atoms with Gasteiger partial charge in [-0.1, -0.05) is 24.3 Å². The zero-order valence-electron chi connectivity index (χ0n) is 15.0. The molecule has 138 valence electrons. The second kappa shape index (κ2) is 6.59. The molecule has 0 unspecified atom stereocenters. The van der Waals surface area contributed by atoms with Gasteiger partial charge in [0.15, 0.2) is 5.84 Å². The Kier molecular flexibility index (Phi) is 4.24. The summed E-state index contributed by atoms with van der Waals surface area (Å²) < 4.78 is 32.7. The Labute approximate surface area is 158 Å². The minimum Gasteiger partial charge on any atom is -0.497 e. The molecule has 4 rings (SSSR count). The molecule has 2 aliphatic rings. The van der Waals surface area contributed by atoms with Crippen molar-refractivity contribution in [3.05, 3.63) is 77.4 Å². The second-order valence-electron chi connectivity index (χ2n) is 6.25. The summed E-state index contributed by atoms with van der Waals surface area (Å²) in [6, 6.07) is 14.9. The molecular formula is C20H19N3O3S. The van der Waals surface area contributed by atoms with Crippen molar-refractivity contribution in [3.8, 4) is 5.75 Å². The molecule has 0 aliphatic carbocycles. The molecule has 27 heavy (non-hydrogen) atoms. The number of para-hydroxylation sites is 2. The number of allylic oxidation sites excluding steroid dienone is 2. The van der Waals surface area contributed by atoms with Crippen LogP contribution in [0.1, 0.15) is 5.56 Å². The number of anilines is 1. The minimum atomic E-state index is -3.70. The minimum absolute atomic E-state index is 0.192. The lowest BCUT2D eigenvalue weighted by Crippen LogP contribution is -2.36. The van der Waals surface area contributed by atoms with Crippen LogP contribution in [0.4, 0.5) is 11.4 Å². The number of methoxy groups -OCH3 is 1. The number of amidine groups is 1. The Bertz CT molecular complexity index is 1070. The molecule has 0 saturated carbocycles. The third-order valence-corrected chi connectivity index (χ3v) is 6.40. The highest BCUT2D eigenvalue weighted by Crippen LogP contribution is 2.37. The van der Waals surface area contributed by atoms with Crippen LogP contribution in [0.15, 0.2) is 76.8 Å². The summed E-state index contributed by atoms with van der Waals surface area (Å²) in [5.41, 5.74) is 2.20. The highest BCUT2D eigenvalue weighted by Gasteiger charge is 2.35. The van der Waals surface area contributed by atoms with E-state index in [0.717, 1.165) is 11.3 Å². The SMILES string of the molecule is COc1ccc(CN2C=CC=C3C2=Nc2ccccc2N(C)S3(=O)=O)cc1. The summed E-state index contributed by atoms with van der Waals surface area (Å²) in [5.74, 6) is 1.20. The first kappa shape index (κ1) is 17.4. The number of aliphatic imine (C=N–C) groups is 1. The topological polar surface area (TPSA) is 62.2 Å². The van der Waals surface area contributed by atoms with Crippen molar-refractivity contribution < 1.29 is 13.2 Å². The van der Waals surface area contributed by atoms with E-state index in [-0.39, 0.29) is 4.91 Å². The summed E-state index contributed by atoms with van der Waals surface area (Å²) >= 11 is 0. The molecule has 0 saturated heterocycles. The van der Waals surface area contributed by atoms with Crippen molar-refractivity contribution in [3.63, 3.8) is 0 Å². The van der Waals surface area contributed by atoms with E-state index < -0.39 is 10.0 Å². The molecule has 2 aromatic carbocycles. The maximum atomic E-state index is 13.1. The lowest BCUT2D eigenvalue weighted by atomic mass is 10.2. The predicted octanol–water partition coefficient (Wildman–Crippen LogP) is 3.42. The van der Waals surface area contributed by atoms with E-state index in [4.69, 9.17) is 9.73 Å². The molecule has 2 aliphatic heterocycles. The van der Waals surface area contributed by atoms with Gasteiger partial charge in [-0.05, 0) is 42.0 Å². The number of rotatable bonds is 3. The molecule has 7 heteroatoms. The van der Waals surface area contributed by atoms with E-state index in [0.29, 0.717) is 23.8 Å². The molecule has 0 radical (unpaired) electrons. The van der Waals surface area contributed by atoms with Crippen LogP contribution in [0.2, 0.25) is 0 Å². The summed E-state index contributed by atoms with van der Waals surface area (Å²) in [5, 5.41) is 0. The van der Waals surface area contributed by atoms with Crippen molar-refractivity contribution >= 4 is 27.2 Å². The van der Waals surface area contributed by atoms with Gasteiger partial charge < -0.3 is 9.64 Å². The van der Waals surface area contributed by atoms with E-state index in [2.05, 4.69) is 0 Å². The summed E-state index contributed by atoms with van der Waals surface area (Å²) in [4.78, 5) is 6.74. The molecule has 2 heterocycles. The number of benzene rings is 2. The van der Waals surface area contributed by atoms with Gasteiger partial charge in [0.05, 0.1) is 18.5 Å². The quantitative estimate of drug-likeness (QED) is 0.817. The van der Waals surface area contributed by atoms with Gasteiger partial charge in [0, 0.05) is 19.8 Å². The average Bonchev–Trinajstić information content (AvgIpc) is 2.77. The molecule has 0 amide bonds. The Balaban J connectivity index is 1.78. The summed E-state index contributed by atoms with van der Waals surface area (Å²) in [7, 11) is -0.519. The van der Waals surface area contributed by atoms with E-state index >= 15 is 0 Å². The van der Waals surface area contributed by atoms with Crippen LogP contribution >= 0.6 is 0 Å². The van der Waals surface area contributed by atoms with Crippen molar-refractivity contribution in [1.29, 1.82) is 0 Å². The van der Waals surface area contributed by atoms with Gasteiger partial charge in [0.25, 0.3) is 10.0 Å². The monoisotopic (exact) mass is 381 g/mol. The Hall–Kier alpha value is -3.06. The molecule has 0 fully saturated rings. The molecule has 0 spiro atoms. The van der Waals surface area contributed by atoms with E-state index in [9.17, 15) is 8.42 Å². The van der Waals surface area contributed by atoms with Crippen molar-refractivity contribution in [2.45, 2.75) is 6.54 Å². The van der Waals surface area contributed by atoms with Crippen molar-refractivity contribution in [2.75, 3.05) is 18.5 Å². The van der Waals surface area contributed by atoms with Crippen LogP contribution < -0.4 is 9.04 Å². The molecular weight excluding hydrogens is 362 g/mol. The Morgan fingerprint density at radius 2 is 1.81 bits per heavy atom. The lowest BCUT2D eigenvalue weighted by Gasteiger charge is -2.27. The van der Waals surface area contributed by atoms with Crippen LogP contribution in [0, 0.1) is 0 Å². The average molecular weight is 381 g/mol. The van der Waals surface area contributed by atoms with Gasteiger partial charge in [-0.3, -0.25) is 4.31 Å². The molecule has 2 aromatic rings. The van der Waals surface area contributed by atoms with Gasteiger partial charge in [-0.2, -0.15) is 0 Å². The number of ether oxygens (including phenoxy) is 1. The van der Waals surface area contributed by atoms with E-state index in [1.165, 1.54) is 4.31 Å². The number of fused-ring (bicyclic) bond motifs is 2. The van der Waals surface area contributed by atoms with Crippen LogP contribution in [-0.2, 0) is 16.6 Å². The third-order valence-electron chi connectivity index (χ3n) is 4.60. The van der Waals surface area contributed by atoms with E-state index in [1.807, 2.05) is 53.6 Å². The smallest absolute Gasteiger partial charge is 0.267 e. The number of nitrogens with zero attached hydrogens (tertiary/aromatic N) is 3. The fraction of sp³-hybridized carbons (Fsp3) is 0.150. The van der Waals surface area contributed by atoms with Crippen molar-refractivity contribution in [2.24, 2.45) is 4.99 Å². The molecule has 0 atom stereocenters. The fourth-order valence-corrected chi connectivity index (χ4v) is 4.47. The fourth-order valence-electron chi connectivity index (χ4n) is 3.11. The highest BCUT2D eigenvalue weighted by molar-refractivity contribution is 7.97. The van der Waals surface area contributed by atoms with Crippen LogP contribution in [-0.4, -0.2) is 33.3 Å². The molecule has 0 bridgehead atoms. The highest BCUT2D eigenvalue weighted by atomic mass is 32.2. The molecule has 0 N–H and O–H groups in total. The zero-order chi connectivity index (χ0) is 19.0. The molecule has 6 nitrogen and oxygen atoms in total. The number of sulfonamides is 1. The van der Waals surface area contributed by atoms with Gasteiger partial charge >= 0.3 is 0 Å². The summed E-state index contributed by atoms with van der Waals surface area (Å²) in [6.07, 6.45) is 5.18. The second-order valence-corrected chi connectivity index (χ2v) is 8.18. The Morgan fingerprint density at radius 3 is 2.56 bits per heavy atom. The standard InChI is InChI=1S/C20H19N3O3S/c1-22-18-7-4-3-6-17(18)21-20-19(27(22,24)25)8-5-13-23(20)14-15-9-11-16(26-2)12-10-15/h3-13H,14H2,1-2H3. The van der Waals surface area contributed by atoms with Gasteiger partial charge in [-0.25, -0.2) is 13.4 Å². The van der Waals surface area contributed by atoms with Gasteiger partial charge in [0.1, 0.15) is 10.7 Å². The first-order chi connectivity index (χ1) is 13.0. The predicted molar refractivity (Wildman–Crippen MR) is 107 cm³/mol. The van der Waals surface area contributed by atoms with Crippen LogP contribution in [0.3, 0.4) is 0 Å². The Morgan fingerprint density at radius 1 is 1.07 bits per heavy atom. The zero-order valence-corrected chi connectivity index (χ0v) is 15.8. The van der Waals surface area contributed by atoms with Crippen LogP contribution in [0.25, 0.3) is 0 Å². The maximum absolute atomic E-state index is 13.1. The maximum Gasteiger partial charge on any atom is 0.267 e. The normalized spacial score (nSPS) is 17.4. The van der Waals surface area contributed by atoms with E-state index in [1.54, 1.807) is 32.4 Å². The van der Waals surface area contributed by atoms with Gasteiger partial charge in [-0.15, -0.1) is 0 Å². The third kappa shape index (κ3) is 3.00. The number of hydrogen-bond donors (Lipinski definition) is 0. The largest absolute Gasteiger partial charge is 0.497 e. The lowest BCUT2D eigenvalue weighted by molar-refractivity contribution is 0.414. The van der Waals surface area contributed by atoms with Crippen molar-refractivity contribution in [1.82, 2.24) is 4.90 Å². The molecule has 0 aromatic heterocycles. The van der Waals surface area contributed by atoms with Gasteiger partial charge in [0.2, 0.25) is 0 Å². The first-order valence-corrected chi connectivity index (χ1v) is 9.90. The summed E-state index contributed by atoms with van der Waals surface area (Å²) in [6.45, 7) is 0.498. The number of hydrogen-bond acceptors (Lipinski definition) is 5. The first-order valence-electron chi connectivity index (χ1n) is 8.46. The van der Waals surface area contributed by atoms with Crippen LogP contribution in [0.5, 0.6) is 5.75 Å².